The SMILES string of the molecule is CC(CNC(=O)CC1NC(=O)NC1=O)c1ccc(-c2cnc3ccccc3c2)cc1. The summed E-state index contributed by atoms with van der Waals surface area (Å²) in [6.45, 7) is 2.47. The second-order valence-corrected chi connectivity index (χ2v) is 7.46. The molecule has 1 saturated heterocycles. The minimum Gasteiger partial charge on any atom is -0.355 e. The molecule has 0 radical (unpaired) electrons. The molecule has 4 rings (SSSR count). The number of carbonyl (C=O) groups is 3. The summed E-state index contributed by atoms with van der Waals surface area (Å²) in [5.74, 6) is -0.644. The first-order valence-electron chi connectivity index (χ1n) is 9.83. The smallest absolute Gasteiger partial charge is 0.322 e. The van der Waals surface area contributed by atoms with Crippen molar-refractivity contribution in [3.63, 3.8) is 0 Å². The predicted molar refractivity (Wildman–Crippen MR) is 114 cm³/mol. The highest BCUT2D eigenvalue weighted by Gasteiger charge is 2.31. The molecule has 0 spiro atoms. The number of carbonyl (C=O) groups excluding carboxylic acids is 3. The van der Waals surface area contributed by atoms with Gasteiger partial charge in [0.15, 0.2) is 0 Å². The molecule has 1 aliphatic rings. The van der Waals surface area contributed by atoms with E-state index in [1.807, 2.05) is 49.5 Å². The summed E-state index contributed by atoms with van der Waals surface area (Å²) >= 11 is 0. The Balaban J connectivity index is 1.35. The third kappa shape index (κ3) is 4.30. The molecule has 2 heterocycles. The molecule has 3 N–H and O–H groups in total. The van der Waals surface area contributed by atoms with Crippen LogP contribution in [0.1, 0.15) is 24.8 Å². The highest BCUT2D eigenvalue weighted by Crippen LogP contribution is 2.25. The first-order chi connectivity index (χ1) is 14.5. The van der Waals surface area contributed by atoms with E-state index in [2.05, 4.69) is 39.1 Å². The molecule has 0 bridgehead atoms. The maximum Gasteiger partial charge on any atom is 0.322 e. The van der Waals surface area contributed by atoms with Gasteiger partial charge in [-0.05, 0) is 29.2 Å². The molecule has 2 atom stereocenters. The average molecular weight is 402 g/mol. The van der Waals surface area contributed by atoms with Crippen molar-refractivity contribution in [3.05, 3.63) is 66.4 Å². The summed E-state index contributed by atoms with van der Waals surface area (Å²) in [6.07, 6.45) is 1.80. The second-order valence-electron chi connectivity index (χ2n) is 7.46. The molecule has 7 heteroatoms. The number of imide groups is 1. The van der Waals surface area contributed by atoms with Crippen LogP contribution in [-0.2, 0) is 9.59 Å². The number of nitrogens with zero attached hydrogens (tertiary/aromatic N) is 1. The van der Waals surface area contributed by atoms with Crippen molar-refractivity contribution in [1.29, 1.82) is 0 Å². The predicted octanol–water partition coefficient (Wildman–Crippen LogP) is 2.72. The van der Waals surface area contributed by atoms with Gasteiger partial charge in [0.25, 0.3) is 5.91 Å². The van der Waals surface area contributed by atoms with Crippen LogP contribution < -0.4 is 16.0 Å². The lowest BCUT2D eigenvalue weighted by Crippen LogP contribution is -2.37. The van der Waals surface area contributed by atoms with E-state index in [1.54, 1.807) is 0 Å². The normalized spacial score (nSPS) is 16.8. The summed E-state index contributed by atoms with van der Waals surface area (Å²) in [6, 6.07) is 17.0. The van der Waals surface area contributed by atoms with Gasteiger partial charge in [-0.3, -0.25) is 19.9 Å². The summed E-state index contributed by atoms with van der Waals surface area (Å²) < 4.78 is 0. The van der Waals surface area contributed by atoms with Crippen LogP contribution in [0.4, 0.5) is 4.79 Å². The van der Waals surface area contributed by atoms with Gasteiger partial charge in [0.2, 0.25) is 5.91 Å². The lowest BCUT2D eigenvalue weighted by atomic mass is 9.97. The van der Waals surface area contributed by atoms with Crippen LogP contribution in [-0.4, -0.2) is 35.4 Å². The van der Waals surface area contributed by atoms with Gasteiger partial charge in [0, 0.05) is 23.7 Å². The Bertz CT molecular complexity index is 1110. The van der Waals surface area contributed by atoms with E-state index >= 15 is 0 Å². The lowest BCUT2D eigenvalue weighted by Gasteiger charge is -2.15. The molecule has 152 valence electrons. The van der Waals surface area contributed by atoms with Crippen LogP contribution in [0.5, 0.6) is 0 Å². The van der Waals surface area contributed by atoms with E-state index in [1.165, 1.54) is 0 Å². The van der Waals surface area contributed by atoms with Gasteiger partial charge in [-0.2, -0.15) is 0 Å². The van der Waals surface area contributed by atoms with Gasteiger partial charge in [-0.25, -0.2) is 4.79 Å². The van der Waals surface area contributed by atoms with Gasteiger partial charge in [-0.1, -0.05) is 49.4 Å². The minimum atomic E-state index is -0.803. The van der Waals surface area contributed by atoms with Crippen molar-refractivity contribution < 1.29 is 14.4 Å². The maximum absolute atomic E-state index is 12.1. The van der Waals surface area contributed by atoms with Crippen molar-refractivity contribution in [2.45, 2.75) is 25.3 Å². The molecule has 30 heavy (non-hydrogen) atoms. The number of amides is 4. The van der Waals surface area contributed by atoms with Gasteiger partial charge >= 0.3 is 6.03 Å². The van der Waals surface area contributed by atoms with Gasteiger partial charge in [-0.15, -0.1) is 0 Å². The fraction of sp³-hybridized carbons (Fsp3) is 0.217. The summed E-state index contributed by atoms with van der Waals surface area (Å²) in [7, 11) is 0. The quantitative estimate of drug-likeness (QED) is 0.552. The Hall–Kier alpha value is -3.74. The highest BCUT2D eigenvalue weighted by molar-refractivity contribution is 6.05. The Labute approximate surface area is 173 Å². The van der Waals surface area contributed by atoms with Gasteiger partial charge in [0.05, 0.1) is 11.9 Å². The summed E-state index contributed by atoms with van der Waals surface area (Å²) in [5.41, 5.74) is 4.20. The molecule has 1 aliphatic heterocycles. The fourth-order valence-electron chi connectivity index (χ4n) is 3.48. The Kier molecular flexibility index (Phi) is 5.43. The Morgan fingerprint density at radius 1 is 1.10 bits per heavy atom. The average Bonchev–Trinajstić information content (AvgIpc) is 3.08. The van der Waals surface area contributed by atoms with E-state index < -0.39 is 18.0 Å². The number of hydrogen-bond donors (Lipinski definition) is 3. The molecule has 1 fully saturated rings. The van der Waals surface area contributed by atoms with E-state index in [0.29, 0.717) is 6.54 Å². The second kappa shape index (κ2) is 8.32. The van der Waals surface area contributed by atoms with E-state index in [9.17, 15) is 14.4 Å². The Morgan fingerprint density at radius 3 is 2.60 bits per heavy atom. The third-order valence-electron chi connectivity index (χ3n) is 5.26. The number of para-hydroxylation sites is 1. The van der Waals surface area contributed by atoms with Crippen LogP contribution in [0.15, 0.2) is 60.8 Å². The molecule has 4 amide bonds. The van der Waals surface area contributed by atoms with Crippen LogP contribution in [0.25, 0.3) is 22.0 Å². The van der Waals surface area contributed by atoms with Gasteiger partial charge < -0.3 is 10.6 Å². The standard InChI is InChI=1S/C23H22N4O3/c1-14(12-25-21(28)11-20-22(29)27-23(30)26-20)15-6-8-16(9-7-15)18-10-17-4-2-3-5-19(17)24-13-18/h2-10,13-14,20H,11-12H2,1H3,(H,25,28)(H2,26,27,29,30). The van der Waals surface area contributed by atoms with Crippen LogP contribution in [0.3, 0.4) is 0 Å². The van der Waals surface area contributed by atoms with E-state index in [0.717, 1.165) is 27.6 Å². The van der Waals surface area contributed by atoms with E-state index in [-0.39, 0.29) is 18.2 Å². The van der Waals surface area contributed by atoms with Crippen molar-refractivity contribution >= 4 is 28.7 Å². The number of nitrogens with one attached hydrogen (secondary N) is 3. The largest absolute Gasteiger partial charge is 0.355 e. The van der Waals surface area contributed by atoms with Crippen molar-refractivity contribution in [2.75, 3.05) is 6.54 Å². The number of hydrogen-bond acceptors (Lipinski definition) is 4. The zero-order valence-electron chi connectivity index (χ0n) is 16.5. The maximum atomic E-state index is 12.1. The Morgan fingerprint density at radius 2 is 1.87 bits per heavy atom. The highest BCUT2D eigenvalue weighted by atomic mass is 16.2. The molecule has 3 aromatic rings. The first-order valence-corrected chi connectivity index (χ1v) is 9.83. The number of benzene rings is 2. The molecule has 1 aromatic heterocycles. The number of fused-ring (bicyclic) bond motifs is 1. The topological polar surface area (TPSA) is 100 Å². The number of rotatable bonds is 6. The lowest BCUT2D eigenvalue weighted by molar-refractivity contribution is -0.126. The number of pyridine rings is 1. The molecule has 7 nitrogen and oxygen atoms in total. The van der Waals surface area contributed by atoms with Crippen LogP contribution in [0, 0.1) is 0 Å². The third-order valence-corrected chi connectivity index (χ3v) is 5.26. The zero-order valence-corrected chi connectivity index (χ0v) is 16.5. The first kappa shape index (κ1) is 19.6. The molecule has 2 aromatic carbocycles. The van der Waals surface area contributed by atoms with Crippen LogP contribution >= 0.6 is 0 Å². The minimum absolute atomic E-state index is 0.0712. The summed E-state index contributed by atoms with van der Waals surface area (Å²) in [5, 5.41) is 8.47. The molecular weight excluding hydrogens is 380 g/mol. The molecule has 2 unspecified atom stereocenters. The van der Waals surface area contributed by atoms with Crippen molar-refractivity contribution in [2.24, 2.45) is 0 Å². The molecular formula is C23H22N4O3. The summed E-state index contributed by atoms with van der Waals surface area (Å²) in [4.78, 5) is 39.2. The number of aromatic nitrogens is 1. The fourth-order valence-corrected chi connectivity index (χ4v) is 3.48. The molecule has 0 saturated carbocycles. The molecule has 0 aliphatic carbocycles. The van der Waals surface area contributed by atoms with Crippen molar-refractivity contribution in [1.82, 2.24) is 20.9 Å². The monoisotopic (exact) mass is 402 g/mol. The van der Waals surface area contributed by atoms with Gasteiger partial charge in [0.1, 0.15) is 6.04 Å². The number of urea groups is 1. The zero-order chi connectivity index (χ0) is 21.1. The van der Waals surface area contributed by atoms with Crippen molar-refractivity contribution in [3.8, 4) is 11.1 Å². The van der Waals surface area contributed by atoms with Crippen LogP contribution in [0.2, 0.25) is 0 Å². The van der Waals surface area contributed by atoms with E-state index in [4.69, 9.17) is 0 Å².